The number of benzene rings is 1. The summed E-state index contributed by atoms with van der Waals surface area (Å²) < 4.78 is 43.6. The van der Waals surface area contributed by atoms with Crippen LogP contribution in [0.5, 0.6) is 0 Å². The van der Waals surface area contributed by atoms with Crippen molar-refractivity contribution in [3.8, 4) is 0 Å². The lowest BCUT2D eigenvalue weighted by Crippen LogP contribution is -2.49. The highest BCUT2D eigenvalue weighted by molar-refractivity contribution is 7.90. The van der Waals surface area contributed by atoms with Crippen LogP contribution in [0.4, 0.5) is 15.9 Å². The number of amides is 1. The SMILES string of the molecule is Cc1cc2c(NC3(C)CC3)nc(C(=O)N3CCN(c4ccc(S(C)(=O)=O)cc4F)CC3)nc2o1. The molecule has 0 spiro atoms. The second kappa shape index (κ2) is 7.93. The Morgan fingerprint density at radius 1 is 1.15 bits per heavy atom. The monoisotopic (exact) mass is 487 g/mol. The van der Waals surface area contributed by atoms with Crippen molar-refractivity contribution >= 4 is 38.3 Å². The maximum atomic E-state index is 14.6. The van der Waals surface area contributed by atoms with Crippen LogP contribution in [-0.2, 0) is 9.84 Å². The van der Waals surface area contributed by atoms with Crippen LogP contribution in [0.2, 0.25) is 0 Å². The van der Waals surface area contributed by atoms with Gasteiger partial charge >= 0.3 is 0 Å². The van der Waals surface area contributed by atoms with Gasteiger partial charge in [-0.2, -0.15) is 4.98 Å². The van der Waals surface area contributed by atoms with Gasteiger partial charge in [-0.1, -0.05) is 0 Å². The van der Waals surface area contributed by atoms with Crippen LogP contribution in [-0.4, -0.2) is 67.2 Å². The predicted molar refractivity (Wildman–Crippen MR) is 125 cm³/mol. The van der Waals surface area contributed by atoms with E-state index in [2.05, 4.69) is 22.2 Å². The van der Waals surface area contributed by atoms with Crippen LogP contribution in [0.15, 0.2) is 33.6 Å². The molecule has 0 radical (unpaired) electrons. The quantitative estimate of drug-likeness (QED) is 0.585. The standard InChI is InChI=1S/C23H26FN5O4S/c1-14-12-16-19(27-23(2)6-7-23)25-20(26-21(16)33-14)22(30)29-10-8-28(9-11-29)18-5-4-15(13-17(18)24)34(3,31)32/h4-5,12-13H,6-11H2,1-3H3,(H,25,26,27). The number of aromatic nitrogens is 2. The summed E-state index contributed by atoms with van der Waals surface area (Å²) in [6.07, 6.45) is 3.10. The van der Waals surface area contributed by atoms with E-state index >= 15 is 0 Å². The summed E-state index contributed by atoms with van der Waals surface area (Å²) in [5.74, 6) is 0.430. The summed E-state index contributed by atoms with van der Waals surface area (Å²) in [6.45, 7) is 5.43. The Balaban J connectivity index is 1.33. The van der Waals surface area contributed by atoms with Crippen LogP contribution < -0.4 is 10.2 Å². The van der Waals surface area contributed by atoms with Crippen LogP contribution in [0.25, 0.3) is 11.1 Å². The van der Waals surface area contributed by atoms with E-state index in [9.17, 15) is 17.6 Å². The van der Waals surface area contributed by atoms with E-state index in [0.29, 0.717) is 49.2 Å². The number of nitrogens with one attached hydrogen (secondary N) is 1. The second-order valence-electron chi connectivity index (χ2n) is 9.32. The molecular weight excluding hydrogens is 461 g/mol. The van der Waals surface area contributed by atoms with Gasteiger partial charge in [0.05, 0.1) is 16.0 Å². The zero-order valence-electron chi connectivity index (χ0n) is 19.3. The summed E-state index contributed by atoms with van der Waals surface area (Å²) in [6, 6.07) is 5.76. The Morgan fingerprint density at radius 2 is 1.85 bits per heavy atom. The molecule has 1 aliphatic heterocycles. The topological polar surface area (TPSA) is 109 Å². The first-order chi connectivity index (χ1) is 16.0. The number of carbonyl (C=O) groups excluding carboxylic acids is 1. The number of rotatable bonds is 5. The van der Waals surface area contributed by atoms with Crippen molar-refractivity contribution in [2.45, 2.75) is 37.1 Å². The van der Waals surface area contributed by atoms with E-state index in [1.807, 2.05) is 13.0 Å². The third-order valence-corrected chi connectivity index (χ3v) is 7.49. The molecule has 1 N–H and O–H groups in total. The largest absolute Gasteiger partial charge is 0.443 e. The number of hydrogen-bond acceptors (Lipinski definition) is 8. The summed E-state index contributed by atoms with van der Waals surface area (Å²) in [5, 5.41) is 4.17. The molecule has 3 heterocycles. The van der Waals surface area contributed by atoms with Crippen molar-refractivity contribution in [1.82, 2.24) is 14.9 Å². The number of piperazine rings is 1. The zero-order valence-corrected chi connectivity index (χ0v) is 20.1. The van der Waals surface area contributed by atoms with E-state index in [4.69, 9.17) is 4.42 Å². The number of carbonyl (C=O) groups is 1. The average molecular weight is 488 g/mol. The molecular formula is C23H26FN5O4S. The molecule has 5 rings (SSSR count). The first-order valence-electron chi connectivity index (χ1n) is 11.1. The molecule has 1 aliphatic carbocycles. The number of fused-ring (bicyclic) bond motifs is 1. The molecule has 2 aromatic heterocycles. The van der Waals surface area contributed by atoms with Gasteiger partial charge in [0, 0.05) is 38.0 Å². The molecule has 0 unspecified atom stereocenters. The summed E-state index contributed by atoms with van der Waals surface area (Å²) in [4.78, 5) is 25.5. The Kier molecular flexibility index (Phi) is 5.27. The number of aryl methyl sites for hydroxylation is 1. The van der Waals surface area contributed by atoms with E-state index in [0.717, 1.165) is 30.6 Å². The third-order valence-electron chi connectivity index (χ3n) is 6.38. The van der Waals surface area contributed by atoms with E-state index < -0.39 is 15.7 Å². The van der Waals surface area contributed by atoms with Gasteiger partial charge in [-0.05, 0) is 51.0 Å². The molecule has 0 bridgehead atoms. The van der Waals surface area contributed by atoms with Gasteiger partial charge in [0.2, 0.25) is 11.5 Å². The molecule has 2 fully saturated rings. The highest BCUT2D eigenvalue weighted by atomic mass is 32.2. The molecule has 1 aromatic carbocycles. The van der Waals surface area contributed by atoms with Gasteiger partial charge in [0.15, 0.2) is 9.84 Å². The Morgan fingerprint density at radius 3 is 2.47 bits per heavy atom. The minimum atomic E-state index is -3.49. The number of halogens is 1. The fraction of sp³-hybridized carbons (Fsp3) is 0.435. The molecule has 0 atom stereocenters. The van der Waals surface area contributed by atoms with Crippen LogP contribution in [0, 0.1) is 12.7 Å². The number of furan rings is 1. The van der Waals surface area contributed by atoms with Crippen molar-refractivity contribution in [3.63, 3.8) is 0 Å². The first-order valence-corrected chi connectivity index (χ1v) is 13.0. The van der Waals surface area contributed by atoms with Crippen LogP contribution in [0.3, 0.4) is 0 Å². The number of hydrogen-bond donors (Lipinski definition) is 1. The van der Waals surface area contributed by atoms with Crippen molar-refractivity contribution in [1.29, 1.82) is 0 Å². The number of sulfone groups is 1. The molecule has 1 saturated carbocycles. The highest BCUT2D eigenvalue weighted by Crippen LogP contribution is 2.39. The van der Waals surface area contributed by atoms with Crippen LogP contribution >= 0.6 is 0 Å². The van der Waals surface area contributed by atoms with Gasteiger partial charge in [0.1, 0.15) is 17.4 Å². The Hall–Kier alpha value is -3.21. The minimum absolute atomic E-state index is 0.0326. The maximum Gasteiger partial charge on any atom is 0.291 e. The van der Waals surface area contributed by atoms with Gasteiger partial charge in [-0.3, -0.25) is 4.79 Å². The molecule has 180 valence electrons. The molecule has 1 amide bonds. The van der Waals surface area contributed by atoms with E-state index in [-0.39, 0.29) is 22.2 Å². The Bertz CT molecular complexity index is 1390. The molecule has 34 heavy (non-hydrogen) atoms. The fourth-order valence-corrected chi connectivity index (χ4v) is 4.73. The molecule has 9 nitrogen and oxygen atoms in total. The zero-order chi connectivity index (χ0) is 24.3. The Labute approximate surface area is 196 Å². The summed E-state index contributed by atoms with van der Waals surface area (Å²) in [7, 11) is -3.49. The first kappa shape index (κ1) is 22.6. The smallest absolute Gasteiger partial charge is 0.291 e. The predicted octanol–water partition coefficient (Wildman–Crippen LogP) is 3.00. The van der Waals surface area contributed by atoms with Crippen molar-refractivity contribution in [2.75, 3.05) is 42.7 Å². The lowest BCUT2D eigenvalue weighted by molar-refractivity contribution is 0.0734. The second-order valence-corrected chi connectivity index (χ2v) is 11.3. The maximum absolute atomic E-state index is 14.6. The van der Waals surface area contributed by atoms with Gasteiger partial charge in [-0.15, -0.1) is 0 Å². The van der Waals surface area contributed by atoms with Gasteiger partial charge in [0.25, 0.3) is 5.91 Å². The van der Waals surface area contributed by atoms with E-state index in [1.54, 1.807) is 9.80 Å². The molecule has 11 heteroatoms. The average Bonchev–Trinajstić information content (AvgIpc) is 3.38. The van der Waals surface area contributed by atoms with Crippen molar-refractivity contribution in [3.05, 3.63) is 41.7 Å². The number of nitrogens with zero attached hydrogens (tertiary/aromatic N) is 4. The van der Waals surface area contributed by atoms with Gasteiger partial charge < -0.3 is 19.5 Å². The normalized spacial score (nSPS) is 17.8. The highest BCUT2D eigenvalue weighted by Gasteiger charge is 2.38. The molecule has 1 saturated heterocycles. The van der Waals surface area contributed by atoms with E-state index in [1.165, 1.54) is 12.1 Å². The molecule has 2 aliphatic rings. The number of anilines is 2. The summed E-state index contributed by atoms with van der Waals surface area (Å²) in [5.41, 5.74) is 0.649. The fourth-order valence-electron chi connectivity index (χ4n) is 4.10. The van der Waals surface area contributed by atoms with Crippen molar-refractivity contribution < 1.29 is 22.0 Å². The molecule has 3 aromatic rings. The van der Waals surface area contributed by atoms with Gasteiger partial charge in [-0.25, -0.2) is 17.8 Å². The lowest BCUT2D eigenvalue weighted by atomic mass is 10.2. The van der Waals surface area contributed by atoms with Crippen LogP contribution in [0.1, 0.15) is 36.1 Å². The third kappa shape index (κ3) is 4.31. The minimum Gasteiger partial charge on any atom is -0.443 e. The van der Waals surface area contributed by atoms with Crippen molar-refractivity contribution in [2.24, 2.45) is 0 Å². The lowest BCUT2D eigenvalue weighted by Gasteiger charge is -2.36. The summed E-state index contributed by atoms with van der Waals surface area (Å²) >= 11 is 0.